The van der Waals surface area contributed by atoms with E-state index in [2.05, 4.69) is 20.6 Å². The van der Waals surface area contributed by atoms with E-state index < -0.39 is 0 Å². The van der Waals surface area contributed by atoms with E-state index in [-0.39, 0.29) is 17.6 Å². The topological polar surface area (TPSA) is 86.9 Å². The SMILES string of the molecule is Cc1cccc(NC(=O)c2ccccc2NC(=O)CSc2nc3ccccc3[nH]2)c1. The van der Waals surface area contributed by atoms with Gasteiger partial charge in [-0.1, -0.05) is 48.2 Å². The van der Waals surface area contributed by atoms with Crippen molar-refractivity contribution >= 4 is 46.0 Å². The minimum absolute atomic E-state index is 0.174. The number of hydrogen-bond acceptors (Lipinski definition) is 4. The summed E-state index contributed by atoms with van der Waals surface area (Å²) in [5.41, 5.74) is 4.43. The highest BCUT2D eigenvalue weighted by Crippen LogP contribution is 2.21. The number of H-pyrrole nitrogens is 1. The molecule has 0 aliphatic heterocycles. The number of thioether (sulfide) groups is 1. The van der Waals surface area contributed by atoms with E-state index in [1.54, 1.807) is 24.3 Å². The Morgan fingerprint density at radius 3 is 2.60 bits per heavy atom. The van der Waals surface area contributed by atoms with Crippen LogP contribution < -0.4 is 10.6 Å². The Labute approximate surface area is 178 Å². The average Bonchev–Trinajstić information content (AvgIpc) is 3.16. The third kappa shape index (κ3) is 4.69. The second kappa shape index (κ2) is 8.84. The van der Waals surface area contributed by atoms with E-state index in [1.165, 1.54) is 11.8 Å². The average molecular weight is 417 g/mol. The van der Waals surface area contributed by atoms with Crippen LogP contribution in [0.2, 0.25) is 0 Å². The van der Waals surface area contributed by atoms with Gasteiger partial charge in [-0.3, -0.25) is 9.59 Å². The summed E-state index contributed by atoms with van der Waals surface area (Å²) in [5, 5.41) is 6.38. The fourth-order valence-corrected chi connectivity index (χ4v) is 3.71. The lowest BCUT2D eigenvalue weighted by Crippen LogP contribution is -2.19. The van der Waals surface area contributed by atoms with Gasteiger partial charge in [-0.2, -0.15) is 0 Å². The molecule has 2 amide bonds. The Morgan fingerprint density at radius 1 is 0.967 bits per heavy atom. The van der Waals surface area contributed by atoms with Crippen molar-refractivity contribution in [2.24, 2.45) is 0 Å². The molecule has 0 atom stereocenters. The summed E-state index contributed by atoms with van der Waals surface area (Å²) in [6, 6.07) is 22.2. The van der Waals surface area contributed by atoms with Gasteiger partial charge in [-0.05, 0) is 48.9 Å². The summed E-state index contributed by atoms with van der Waals surface area (Å²) in [4.78, 5) is 32.8. The van der Waals surface area contributed by atoms with Gasteiger partial charge in [-0.15, -0.1) is 0 Å². The van der Waals surface area contributed by atoms with E-state index in [1.807, 2.05) is 55.5 Å². The fraction of sp³-hybridized carbons (Fsp3) is 0.0870. The van der Waals surface area contributed by atoms with E-state index in [0.29, 0.717) is 22.1 Å². The van der Waals surface area contributed by atoms with Gasteiger partial charge in [0, 0.05) is 5.69 Å². The van der Waals surface area contributed by atoms with Crippen molar-refractivity contribution in [2.75, 3.05) is 16.4 Å². The summed E-state index contributed by atoms with van der Waals surface area (Å²) < 4.78 is 0. The number of nitrogens with zero attached hydrogens (tertiary/aromatic N) is 1. The van der Waals surface area contributed by atoms with Gasteiger partial charge in [0.2, 0.25) is 5.91 Å². The number of anilines is 2. The smallest absolute Gasteiger partial charge is 0.257 e. The van der Waals surface area contributed by atoms with Crippen LogP contribution in [0.5, 0.6) is 0 Å². The molecule has 0 spiro atoms. The first-order chi connectivity index (χ1) is 14.6. The zero-order valence-corrected chi connectivity index (χ0v) is 17.1. The minimum atomic E-state index is -0.276. The summed E-state index contributed by atoms with van der Waals surface area (Å²) >= 11 is 1.31. The van der Waals surface area contributed by atoms with Gasteiger partial charge in [0.25, 0.3) is 5.91 Å². The van der Waals surface area contributed by atoms with Crippen LogP contribution >= 0.6 is 11.8 Å². The number of hydrogen-bond donors (Lipinski definition) is 3. The summed E-state index contributed by atoms with van der Waals surface area (Å²) in [5.74, 6) is -0.314. The molecule has 0 fully saturated rings. The first-order valence-electron chi connectivity index (χ1n) is 9.43. The van der Waals surface area contributed by atoms with Gasteiger partial charge < -0.3 is 15.6 Å². The number of carbonyl (C=O) groups excluding carboxylic acids is 2. The quantitative estimate of drug-likeness (QED) is 0.392. The van der Waals surface area contributed by atoms with E-state index in [0.717, 1.165) is 16.6 Å². The Hall–Kier alpha value is -3.58. The van der Waals surface area contributed by atoms with E-state index in [9.17, 15) is 9.59 Å². The van der Waals surface area contributed by atoms with Crippen molar-refractivity contribution in [1.29, 1.82) is 0 Å². The molecule has 3 aromatic carbocycles. The van der Waals surface area contributed by atoms with Crippen molar-refractivity contribution < 1.29 is 9.59 Å². The number of carbonyl (C=O) groups is 2. The third-order valence-corrected chi connectivity index (χ3v) is 5.30. The van der Waals surface area contributed by atoms with Gasteiger partial charge >= 0.3 is 0 Å². The van der Waals surface area contributed by atoms with Crippen LogP contribution in [0.3, 0.4) is 0 Å². The fourth-order valence-electron chi connectivity index (χ4n) is 3.03. The molecule has 1 aromatic heterocycles. The normalized spacial score (nSPS) is 10.7. The zero-order valence-electron chi connectivity index (χ0n) is 16.3. The molecule has 6 nitrogen and oxygen atoms in total. The van der Waals surface area contributed by atoms with Crippen molar-refractivity contribution in [3.63, 3.8) is 0 Å². The molecule has 0 saturated heterocycles. The van der Waals surface area contributed by atoms with E-state index in [4.69, 9.17) is 0 Å². The molecular formula is C23H20N4O2S. The summed E-state index contributed by atoms with van der Waals surface area (Å²) in [6.45, 7) is 1.96. The minimum Gasteiger partial charge on any atom is -0.333 e. The lowest BCUT2D eigenvalue weighted by molar-refractivity contribution is -0.113. The Balaban J connectivity index is 1.41. The van der Waals surface area contributed by atoms with Crippen LogP contribution in [-0.2, 0) is 4.79 Å². The molecule has 7 heteroatoms. The molecule has 0 unspecified atom stereocenters. The Bertz CT molecular complexity index is 1190. The Morgan fingerprint density at radius 2 is 1.77 bits per heavy atom. The molecule has 0 aliphatic rings. The number of nitrogens with one attached hydrogen (secondary N) is 3. The van der Waals surface area contributed by atoms with Gasteiger partial charge in [0.15, 0.2) is 5.16 Å². The highest BCUT2D eigenvalue weighted by atomic mass is 32.2. The molecule has 0 saturated carbocycles. The first kappa shape index (κ1) is 19.7. The second-order valence-corrected chi connectivity index (χ2v) is 7.73. The number of para-hydroxylation sites is 3. The molecule has 1 heterocycles. The number of fused-ring (bicyclic) bond motifs is 1. The zero-order chi connectivity index (χ0) is 20.9. The summed E-state index contributed by atoms with van der Waals surface area (Å²) in [7, 11) is 0. The molecule has 4 aromatic rings. The van der Waals surface area contributed by atoms with Crippen LogP contribution in [0.1, 0.15) is 15.9 Å². The predicted octanol–water partition coefficient (Wildman–Crippen LogP) is 4.85. The second-order valence-electron chi connectivity index (χ2n) is 6.77. The standard InChI is InChI=1S/C23H20N4O2S/c1-15-7-6-8-16(13-15)24-22(29)17-9-2-3-10-18(17)25-21(28)14-30-23-26-19-11-4-5-12-20(19)27-23/h2-13H,14H2,1H3,(H,24,29)(H,25,28)(H,26,27). The third-order valence-electron chi connectivity index (χ3n) is 4.43. The number of aromatic amines is 1. The van der Waals surface area contributed by atoms with E-state index >= 15 is 0 Å². The largest absolute Gasteiger partial charge is 0.333 e. The predicted molar refractivity (Wildman–Crippen MR) is 121 cm³/mol. The highest BCUT2D eigenvalue weighted by molar-refractivity contribution is 7.99. The van der Waals surface area contributed by atoms with Gasteiger partial charge in [0.05, 0.1) is 28.0 Å². The molecule has 4 rings (SSSR count). The highest BCUT2D eigenvalue weighted by Gasteiger charge is 2.14. The van der Waals surface area contributed by atoms with Crippen molar-refractivity contribution in [1.82, 2.24) is 9.97 Å². The Kier molecular flexibility index (Phi) is 5.81. The first-order valence-corrected chi connectivity index (χ1v) is 10.4. The number of aryl methyl sites for hydroxylation is 1. The number of benzene rings is 3. The molecule has 150 valence electrons. The van der Waals surface area contributed by atoms with Gasteiger partial charge in [0.1, 0.15) is 0 Å². The number of aromatic nitrogens is 2. The van der Waals surface area contributed by atoms with Crippen LogP contribution in [0.15, 0.2) is 78.0 Å². The maximum absolute atomic E-state index is 12.7. The van der Waals surface area contributed by atoms with Crippen molar-refractivity contribution in [3.05, 3.63) is 83.9 Å². The molecule has 3 N–H and O–H groups in total. The summed E-state index contributed by atoms with van der Waals surface area (Å²) in [6.07, 6.45) is 0. The number of imidazole rings is 1. The number of rotatable bonds is 6. The monoisotopic (exact) mass is 416 g/mol. The maximum Gasteiger partial charge on any atom is 0.257 e. The molecule has 0 radical (unpaired) electrons. The van der Waals surface area contributed by atoms with Crippen LogP contribution in [0.4, 0.5) is 11.4 Å². The van der Waals surface area contributed by atoms with Crippen LogP contribution in [-0.4, -0.2) is 27.5 Å². The van der Waals surface area contributed by atoms with Crippen LogP contribution in [0, 0.1) is 6.92 Å². The molecule has 0 aliphatic carbocycles. The lowest BCUT2D eigenvalue weighted by Gasteiger charge is -2.11. The van der Waals surface area contributed by atoms with Crippen LogP contribution in [0.25, 0.3) is 11.0 Å². The van der Waals surface area contributed by atoms with Gasteiger partial charge in [-0.25, -0.2) is 4.98 Å². The molecule has 30 heavy (non-hydrogen) atoms. The number of amides is 2. The van der Waals surface area contributed by atoms with Crippen molar-refractivity contribution in [3.8, 4) is 0 Å². The maximum atomic E-state index is 12.7. The molecule has 0 bridgehead atoms. The molecular weight excluding hydrogens is 396 g/mol. The van der Waals surface area contributed by atoms with Crippen molar-refractivity contribution in [2.45, 2.75) is 12.1 Å². The lowest BCUT2D eigenvalue weighted by atomic mass is 10.1.